The van der Waals surface area contributed by atoms with Crippen molar-refractivity contribution in [2.45, 2.75) is 25.7 Å². The van der Waals surface area contributed by atoms with E-state index in [2.05, 4.69) is 15.5 Å². The summed E-state index contributed by atoms with van der Waals surface area (Å²) in [7, 11) is 0. The molecule has 6 nitrogen and oxygen atoms in total. The Morgan fingerprint density at radius 3 is 2.41 bits per heavy atom. The Labute approximate surface area is 131 Å². The van der Waals surface area contributed by atoms with Crippen LogP contribution < -0.4 is 21.3 Å². The van der Waals surface area contributed by atoms with Gasteiger partial charge in [-0.1, -0.05) is 25.0 Å². The Morgan fingerprint density at radius 2 is 1.73 bits per heavy atom. The molecular formula is C16H24N4O2. The Bertz CT molecular complexity index is 511. The molecule has 4 N–H and O–H groups in total. The Hall–Kier alpha value is -2.08. The van der Waals surface area contributed by atoms with E-state index in [1.807, 2.05) is 24.3 Å². The van der Waals surface area contributed by atoms with Crippen molar-refractivity contribution in [2.75, 3.05) is 36.4 Å². The number of hydrogen-bond donors (Lipinski definition) is 3. The van der Waals surface area contributed by atoms with Gasteiger partial charge in [-0.25, -0.2) is 0 Å². The molecular weight excluding hydrogens is 280 g/mol. The molecule has 0 aliphatic carbocycles. The molecule has 1 heterocycles. The first-order valence-electron chi connectivity index (χ1n) is 7.81. The van der Waals surface area contributed by atoms with Gasteiger partial charge in [0, 0.05) is 13.1 Å². The van der Waals surface area contributed by atoms with E-state index in [4.69, 9.17) is 5.73 Å². The molecule has 120 valence electrons. The fraction of sp³-hybridized carbons (Fsp3) is 0.500. The molecule has 1 aromatic rings. The minimum absolute atomic E-state index is 0.0651. The molecule has 0 radical (unpaired) electrons. The van der Waals surface area contributed by atoms with Gasteiger partial charge >= 0.3 is 0 Å². The SMILES string of the molecule is NCC(=O)NCC(=O)Nc1ccccc1N1CCCCCC1. The number of anilines is 2. The van der Waals surface area contributed by atoms with Gasteiger partial charge in [0.2, 0.25) is 11.8 Å². The van der Waals surface area contributed by atoms with Crippen LogP contribution in [0.15, 0.2) is 24.3 Å². The highest BCUT2D eigenvalue weighted by atomic mass is 16.2. The maximum atomic E-state index is 12.0. The summed E-state index contributed by atoms with van der Waals surface area (Å²) in [6, 6.07) is 7.80. The highest BCUT2D eigenvalue weighted by molar-refractivity contribution is 5.97. The highest BCUT2D eigenvalue weighted by Gasteiger charge is 2.14. The highest BCUT2D eigenvalue weighted by Crippen LogP contribution is 2.27. The van der Waals surface area contributed by atoms with E-state index in [1.165, 1.54) is 25.7 Å². The van der Waals surface area contributed by atoms with Crippen LogP contribution in [0.3, 0.4) is 0 Å². The second-order valence-corrected chi connectivity index (χ2v) is 5.45. The average molecular weight is 304 g/mol. The number of carbonyl (C=O) groups is 2. The van der Waals surface area contributed by atoms with E-state index in [0.29, 0.717) is 0 Å². The fourth-order valence-electron chi connectivity index (χ4n) is 2.61. The number of para-hydroxylation sites is 2. The lowest BCUT2D eigenvalue weighted by molar-refractivity contribution is -0.123. The smallest absolute Gasteiger partial charge is 0.243 e. The molecule has 2 amide bonds. The van der Waals surface area contributed by atoms with E-state index in [0.717, 1.165) is 24.5 Å². The van der Waals surface area contributed by atoms with Gasteiger partial charge in [0.15, 0.2) is 0 Å². The monoisotopic (exact) mass is 304 g/mol. The van der Waals surface area contributed by atoms with Crippen LogP contribution in [0.1, 0.15) is 25.7 Å². The number of nitrogens with two attached hydrogens (primary N) is 1. The van der Waals surface area contributed by atoms with Crippen LogP contribution in [0, 0.1) is 0 Å². The lowest BCUT2D eigenvalue weighted by atomic mass is 10.2. The maximum absolute atomic E-state index is 12.0. The lowest BCUT2D eigenvalue weighted by Gasteiger charge is -2.25. The van der Waals surface area contributed by atoms with E-state index in [1.54, 1.807) is 0 Å². The molecule has 0 unspecified atom stereocenters. The number of carbonyl (C=O) groups excluding carboxylic acids is 2. The number of nitrogens with zero attached hydrogens (tertiary/aromatic N) is 1. The summed E-state index contributed by atoms with van der Waals surface area (Å²) in [6.45, 7) is 1.84. The van der Waals surface area contributed by atoms with Gasteiger partial charge < -0.3 is 21.3 Å². The quantitative estimate of drug-likeness (QED) is 0.759. The van der Waals surface area contributed by atoms with Crippen molar-refractivity contribution in [1.29, 1.82) is 0 Å². The Morgan fingerprint density at radius 1 is 1.05 bits per heavy atom. The second kappa shape index (κ2) is 8.38. The van der Waals surface area contributed by atoms with Crippen LogP contribution >= 0.6 is 0 Å². The third kappa shape index (κ3) is 4.73. The van der Waals surface area contributed by atoms with Crippen LogP contribution in [0.25, 0.3) is 0 Å². The summed E-state index contributed by atoms with van der Waals surface area (Å²) in [5, 5.41) is 5.34. The number of rotatable bonds is 5. The standard InChI is InChI=1S/C16H24N4O2/c17-11-15(21)18-12-16(22)19-13-7-3-4-8-14(13)20-9-5-1-2-6-10-20/h3-4,7-8H,1-2,5-6,9-12,17H2,(H,18,21)(H,19,22). The Kier molecular flexibility index (Phi) is 6.21. The van der Waals surface area contributed by atoms with Gasteiger partial charge in [0.1, 0.15) is 0 Å². The third-order valence-electron chi connectivity index (χ3n) is 3.76. The number of hydrogen-bond acceptors (Lipinski definition) is 4. The molecule has 6 heteroatoms. The van der Waals surface area contributed by atoms with Crippen LogP contribution in [0.5, 0.6) is 0 Å². The molecule has 1 aliphatic rings. The number of benzene rings is 1. The normalized spacial score (nSPS) is 15.0. The maximum Gasteiger partial charge on any atom is 0.243 e. The van der Waals surface area contributed by atoms with Crippen molar-refractivity contribution in [3.8, 4) is 0 Å². The average Bonchev–Trinajstić information content (AvgIpc) is 2.82. The van der Waals surface area contributed by atoms with E-state index in [9.17, 15) is 9.59 Å². The first-order valence-corrected chi connectivity index (χ1v) is 7.81. The van der Waals surface area contributed by atoms with Crippen LogP contribution in [-0.4, -0.2) is 38.0 Å². The molecule has 0 aromatic heterocycles. The van der Waals surface area contributed by atoms with Gasteiger partial charge in [-0.2, -0.15) is 0 Å². The molecule has 1 fully saturated rings. The molecule has 2 rings (SSSR count). The molecule has 0 bridgehead atoms. The van der Waals surface area contributed by atoms with Gasteiger partial charge in [-0.3, -0.25) is 9.59 Å². The zero-order chi connectivity index (χ0) is 15.8. The zero-order valence-electron chi connectivity index (χ0n) is 12.8. The first kappa shape index (κ1) is 16.3. The Balaban J connectivity index is 2.01. The topological polar surface area (TPSA) is 87.5 Å². The minimum atomic E-state index is -0.337. The summed E-state index contributed by atoms with van der Waals surface area (Å²) in [5.41, 5.74) is 7.03. The van der Waals surface area contributed by atoms with E-state index in [-0.39, 0.29) is 24.9 Å². The first-order chi connectivity index (χ1) is 10.7. The zero-order valence-corrected chi connectivity index (χ0v) is 12.8. The number of amides is 2. The molecule has 1 aliphatic heterocycles. The predicted octanol–water partition coefficient (Wildman–Crippen LogP) is 1.08. The van der Waals surface area contributed by atoms with Crippen LogP contribution in [0.2, 0.25) is 0 Å². The second-order valence-electron chi connectivity index (χ2n) is 5.45. The van der Waals surface area contributed by atoms with Crippen LogP contribution in [0.4, 0.5) is 11.4 Å². The van der Waals surface area contributed by atoms with Gasteiger partial charge in [-0.05, 0) is 25.0 Å². The van der Waals surface area contributed by atoms with Crippen LogP contribution in [-0.2, 0) is 9.59 Å². The molecule has 0 atom stereocenters. The summed E-state index contributed by atoms with van der Waals surface area (Å²) >= 11 is 0. The molecule has 1 aromatic carbocycles. The minimum Gasteiger partial charge on any atom is -0.370 e. The summed E-state index contributed by atoms with van der Waals surface area (Å²) in [5.74, 6) is -0.583. The summed E-state index contributed by atoms with van der Waals surface area (Å²) < 4.78 is 0. The van der Waals surface area contributed by atoms with Gasteiger partial charge in [0.05, 0.1) is 24.5 Å². The van der Waals surface area contributed by atoms with E-state index < -0.39 is 0 Å². The predicted molar refractivity (Wildman–Crippen MR) is 87.8 cm³/mol. The number of nitrogens with one attached hydrogen (secondary N) is 2. The van der Waals surface area contributed by atoms with Crippen molar-refractivity contribution in [3.05, 3.63) is 24.3 Å². The van der Waals surface area contributed by atoms with Crippen molar-refractivity contribution >= 4 is 23.2 Å². The fourth-order valence-corrected chi connectivity index (χ4v) is 2.61. The van der Waals surface area contributed by atoms with Crippen molar-refractivity contribution in [1.82, 2.24) is 5.32 Å². The molecule has 0 spiro atoms. The molecule has 0 saturated carbocycles. The summed E-state index contributed by atoms with van der Waals surface area (Å²) in [4.78, 5) is 25.4. The molecule has 22 heavy (non-hydrogen) atoms. The lowest BCUT2D eigenvalue weighted by Crippen LogP contribution is -2.36. The largest absolute Gasteiger partial charge is 0.370 e. The van der Waals surface area contributed by atoms with Crippen molar-refractivity contribution in [3.63, 3.8) is 0 Å². The van der Waals surface area contributed by atoms with Crippen molar-refractivity contribution < 1.29 is 9.59 Å². The van der Waals surface area contributed by atoms with E-state index >= 15 is 0 Å². The third-order valence-corrected chi connectivity index (χ3v) is 3.76. The van der Waals surface area contributed by atoms with Gasteiger partial charge in [-0.15, -0.1) is 0 Å². The van der Waals surface area contributed by atoms with Gasteiger partial charge in [0.25, 0.3) is 0 Å². The van der Waals surface area contributed by atoms with Crippen molar-refractivity contribution in [2.24, 2.45) is 5.73 Å². The molecule has 1 saturated heterocycles. The summed E-state index contributed by atoms with van der Waals surface area (Å²) in [6.07, 6.45) is 4.87.